The number of carbonyl (C=O) groups is 1. The van der Waals surface area contributed by atoms with Gasteiger partial charge in [-0.3, -0.25) is 9.78 Å². The molecule has 4 aromatic rings. The number of aliphatic hydroxyl groups is 1. The molecule has 5 rings (SSSR count). The highest BCUT2D eigenvalue weighted by Crippen LogP contribution is 2.37. The van der Waals surface area contributed by atoms with Crippen LogP contribution in [-0.2, 0) is 25.9 Å². The van der Waals surface area contributed by atoms with E-state index in [-0.39, 0.29) is 5.91 Å². The summed E-state index contributed by atoms with van der Waals surface area (Å²) in [5.74, 6) is 0.807. The quantitative estimate of drug-likeness (QED) is 0.256. The molecule has 0 saturated heterocycles. The van der Waals surface area contributed by atoms with E-state index in [0.29, 0.717) is 25.1 Å². The van der Waals surface area contributed by atoms with E-state index in [1.54, 1.807) is 11.9 Å². The van der Waals surface area contributed by atoms with Crippen LogP contribution < -0.4 is 14.9 Å². The molecule has 3 N–H and O–H groups in total. The lowest BCUT2D eigenvalue weighted by Gasteiger charge is -2.25. The first-order valence-corrected chi connectivity index (χ1v) is 14.6. The smallest absolute Gasteiger partial charge is 0.251 e. The van der Waals surface area contributed by atoms with Crippen molar-refractivity contribution in [2.24, 2.45) is 0 Å². The zero-order chi connectivity index (χ0) is 27.4. The Balaban J connectivity index is 1.38. The van der Waals surface area contributed by atoms with Crippen LogP contribution >= 0.6 is 11.9 Å². The van der Waals surface area contributed by atoms with Crippen molar-refractivity contribution in [2.75, 3.05) is 23.7 Å². The maximum absolute atomic E-state index is 13.7. The lowest BCUT2D eigenvalue weighted by molar-refractivity contribution is 0.0830. The molecular weight excluding hydrogens is 506 g/mol. The maximum atomic E-state index is 13.7. The van der Waals surface area contributed by atoms with Crippen molar-refractivity contribution in [1.82, 2.24) is 20.2 Å². The highest BCUT2D eigenvalue weighted by atomic mass is 32.2. The third-order valence-corrected chi connectivity index (χ3v) is 8.27. The summed E-state index contributed by atoms with van der Waals surface area (Å²) in [6.45, 7) is 5.94. The molecular formula is C31H37N5O2S. The first-order chi connectivity index (χ1) is 18.9. The number of hydrogen-bond donors (Lipinski definition) is 3. The predicted octanol–water partition coefficient (Wildman–Crippen LogP) is 4.50. The minimum Gasteiger partial charge on any atom is -0.390 e. The van der Waals surface area contributed by atoms with Crippen LogP contribution in [0.5, 0.6) is 0 Å². The molecule has 1 amide bonds. The average Bonchev–Trinajstić information content (AvgIpc) is 3.21. The van der Waals surface area contributed by atoms with Crippen LogP contribution in [0.2, 0.25) is 0 Å². The minimum atomic E-state index is -0.783. The molecule has 2 aromatic heterocycles. The topological polar surface area (TPSA) is 82.4 Å². The Bertz CT molecular complexity index is 1440. The van der Waals surface area contributed by atoms with Crippen molar-refractivity contribution < 1.29 is 9.90 Å². The van der Waals surface area contributed by atoms with Crippen LogP contribution in [0.4, 0.5) is 5.69 Å². The summed E-state index contributed by atoms with van der Waals surface area (Å²) in [6, 6.07) is 19.4. The lowest BCUT2D eigenvalue weighted by atomic mass is 9.99. The largest absolute Gasteiger partial charge is 0.390 e. The van der Waals surface area contributed by atoms with E-state index in [0.717, 1.165) is 46.7 Å². The van der Waals surface area contributed by atoms with E-state index in [1.807, 2.05) is 67.6 Å². The SMILES string of the molecule is CCc1cn2c3c(cc(C(=O)N[C@@H](Cc4ccccc4)[C@H](O)CNCc4cccc(C)n4)cc13)N(C)SCC2. The van der Waals surface area contributed by atoms with Gasteiger partial charge in [-0.15, -0.1) is 0 Å². The number of nitrogens with zero attached hydrogens (tertiary/aromatic N) is 3. The summed E-state index contributed by atoms with van der Waals surface area (Å²) >= 11 is 1.76. The summed E-state index contributed by atoms with van der Waals surface area (Å²) in [7, 11) is 2.06. The number of hydrogen-bond acceptors (Lipinski definition) is 6. The monoisotopic (exact) mass is 543 g/mol. The number of carbonyl (C=O) groups excluding carboxylic acids is 1. The van der Waals surface area contributed by atoms with Gasteiger partial charge in [-0.2, -0.15) is 0 Å². The third-order valence-electron chi connectivity index (χ3n) is 7.32. The van der Waals surface area contributed by atoms with Crippen molar-refractivity contribution in [3.8, 4) is 0 Å². The Morgan fingerprint density at radius 1 is 1.15 bits per heavy atom. The number of aryl methyl sites for hydroxylation is 3. The van der Waals surface area contributed by atoms with Gasteiger partial charge in [0.2, 0.25) is 0 Å². The molecule has 0 unspecified atom stereocenters. The molecule has 1 aliphatic rings. The van der Waals surface area contributed by atoms with Gasteiger partial charge in [0.1, 0.15) is 0 Å². The first-order valence-electron chi connectivity index (χ1n) is 13.6. The summed E-state index contributed by atoms with van der Waals surface area (Å²) in [5.41, 5.74) is 7.03. The summed E-state index contributed by atoms with van der Waals surface area (Å²) in [5, 5.41) is 18.8. The van der Waals surface area contributed by atoms with Gasteiger partial charge in [0.15, 0.2) is 0 Å². The van der Waals surface area contributed by atoms with Gasteiger partial charge < -0.3 is 24.6 Å². The van der Waals surface area contributed by atoms with E-state index in [1.165, 1.54) is 11.1 Å². The Labute approximate surface area is 234 Å². The predicted molar refractivity (Wildman–Crippen MR) is 160 cm³/mol. The number of benzene rings is 2. The molecule has 2 aromatic carbocycles. The highest BCUT2D eigenvalue weighted by Gasteiger charge is 2.25. The normalized spacial score (nSPS) is 14.7. The second-order valence-electron chi connectivity index (χ2n) is 10.2. The standard InChI is InChI=1S/C31H37N5O2S/c1-4-23-20-36-13-14-39-35(3)28-17-24(16-26(23)30(28)36)31(38)34-27(15-22-10-6-5-7-11-22)29(37)19-32-18-25-12-8-9-21(2)33-25/h5-12,16-17,20,27,29,32,37H,4,13-15,18-19H2,1-3H3,(H,34,38)/t27-,29+/m0/s1. The molecule has 3 heterocycles. The molecule has 0 aliphatic carbocycles. The third kappa shape index (κ3) is 6.30. The molecule has 39 heavy (non-hydrogen) atoms. The lowest BCUT2D eigenvalue weighted by Crippen LogP contribution is -2.48. The van der Waals surface area contributed by atoms with E-state index in [4.69, 9.17) is 0 Å². The number of anilines is 1. The van der Waals surface area contributed by atoms with Crippen molar-refractivity contribution in [1.29, 1.82) is 0 Å². The Hall–Kier alpha value is -3.33. The van der Waals surface area contributed by atoms with Crippen molar-refractivity contribution in [3.05, 3.63) is 94.9 Å². The molecule has 0 radical (unpaired) electrons. The molecule has 7 nitrogen and oxygen atoms in total. The Kier molecular flexibility index (Phi) is 8.55. The van der Waals surface area contributed by atoms with Crippen LogP contribution in [0.25, 0.3) is 10.9 Å². The van der Waals surface area contributed by atoms with Gasteiger partial charge in [-0.25, -0.2) is 0 Å². The van der Waals surface area contributed by atoms with Crippen LogP contribution in [0.1, 0.15) is 39.8 Å². The fourth-order valence-corrected chi connectivity index (χ4v) is 6.08. The van der Waals surface area contributed by atoms with Crippen LogP contribution in [0, 0.1) is 6.92 Å². The number of amides is 1. The van der Waals surface area contributed by atoms with Gasteiger partial charge in [0.05, 0.1) is 29.0 Å². The zero-order valence-electron chi connectivity index (χ0n) is 22.9. The number of nitrogens with one attached hydrogen (secondary N) is 2. The molecule has 1 aliphatic heterocycles. The van der Waals surface area contributed by atoms with E-state index < -0.39 is 12.1 Å². The van der Waals surface area contributed by atoms with E-state index >= 15 is 0 Å². The van der Waals surface area contributed by atoms with Gasteiger partial charge in [0.25, 0.3) is 5.91 Å². The molecule has 204 valence electrons. The van der Waals surface area contributed by atoms with Crippen LogP contribution in [-0.4, -0.2) is 52.1 Å². The molecule has 0 spiro atoms. The minimum absolute atomic E-state index is 0.175. The van der Waals surface area contributed by atoms with Gasteiger partial charge in [-0.05, 0) is 67.1 Å². The van der Waals surface area contributed by atoms with E-state index in [2.05, 4.69) is 44.7 Å². The Morgan fingerprint density at radius 2 is 1.97 bits per heavy atom. The average molecular weight is 544 g/mol. The van der Waals surface area contributed by atoms with Gasteiger partial charge >= 0.3 is 0 Å². The molecule has 0 fully saturated rings. The second kappa shape index (κ2) is 12.2. The second-order valence-corrected chi connectivity index (χ2v) is 11.4. The fraction of sp³-hybridized carbons (Fsp3) is 0.355. The number of aromatic nitrogens is 2. The number of aliphatic hydroxyl groups excluding tert-OH is 1. The summed E-state index contributed by atoms with van der Waals surface area (Å²) in [4.78, 5) is 18.3. The van der Waals surface area contributed by atoms with Gasteiger partial charge in [-0.1, -0.05) is 43.3 Å². The molecule has 0 bridgehead atoms. The van der Waals surface area contributed by atoms with Crippen molar-refractivity contribution in [3.63, 3.8) is 0 Å². The summed E-state index contributed by atoms with van der Waals surface area (Å²) in [6.07, 6.45) is 2.88. The van der Waals surface area contributed by atoms with Crippen molar-refractivity contribution >= 4 is 34.4 Å². The fourth-order valence-electron chi connectivity index (χ4n) is 5.25. The van der Waals surface area contributed by atoms with Crippen LogP contribution in [0.3, 0.4) is 0 Å². The Morgan fingerprint density at radius 3 is 2.74 bits per heavy atom. The zero-order valence-corrected chi connectivity index (χ0v) is 23.7. The highest BCUT2D eigenvalue weighted by molar-refractivity contribution is 8.00. The molecule has 0 saturated carbocycles. The maximum Gasteiger partial charge on any atom is 0.251 e. The molecule has 2 atom stereocenters. The molecule has 8 heteroatoms. The van der Waals surface area contributed by atoms with Crippen LogP contribution in [0.15, 0.2) is 66.9 Å². The number of pyridine rings is 1. The van der Waals surface area contributed by atoms with Gasteiger partial charge in [0, 0.05) is 55.3 Å². The first kappa shape index (κ1) is 27.2. The van der Waals surface area contributed by atoms with Crippen molar-refractivity contribution in [2.45, 2.75) is 51.9 Å². The summed E-state index contributed by atoms with van der Waals surface area (Å²) < 4.78 is 4.49. The number of rotatable bonds is 10. The van der Waals surface area contributed by atoms with E-state index in [9.17, 15) is 9.90 Å².